The third-order valence-corrected chi connectivity index (χ3v) is 7.55. The largest absolute Gasteiger partial charge is 0.497 e. The van der Waals surface area contributed by atoms with Crippen molar-refractivity contribution in [2.75, 3.05) is 7.11 Å². The zero-order chi connectivity index (χ0) is 20.6. The van der Waals surface area contributed by atoms with Crippen LogP contribution in [0.25, 0.3) is 11.3 Å². The maximum absolute atomic E-state index is 13.0. The van der Waals surface area contributed by atoms with E-state index in [9.17, 15) is 18.5 Å². The summed E-state index contributed by atoms with van der Waals surface area (Å²) in [5.74, 6) is 0.400. The fourth-order valence-electron chi connectivity index (χ4n) is 3.07. The Balaban J connectivity index is 1.72. The van der Waals surface area contributed by atoms with Gasteiger partial charge in [-0.1, -0.05) is 17.3 Å². The second-order valence-electron chi connectivity index (χ2n) is 6.22. The monoisotopic (exact) mass is 426 g/mol. The van der Waals surface area contributed by atoms with Crippen LogP contribution >= 0.6 is 11.8 Å². The van der Waals surface area contributed by atoms with Crippen LogP contribution in [0.5, 0.6) is 5.75 Å². The fourth-order valence-corrected chi connectivity index (χ4v) is 5.45. The van der Waals surface area contributed by atoms with Gasteiger partial charge in [-0.25, -0.2) is 8.42 Å². The number of sulfone groups is 1. The van der Waals surface area contributed by atoms with Gasteiger partial charge in [0.05, 0.1) is 18.1 Å². The minimum absolute atomic E-state index is 0.120. The van der Waals surface area contributed by atoms with Crippen LogP contribution in [-0.2, 0) is 15.6 Å². The second kappa shape index (κ2) is 7.39. The van der Waals surface area contributed by atoms with Crippen molar-refractivity contribution in [3.8, 4) is 23.1 Å². The number of benzene rings is 2. The molecule has 0 saturated carbocycles. The summed E-state index contributed by atoms with van der Waals surface area (Å²) in [5.41, 5.74) is 1.17. The van der Waals surface area contributed by atoms with Crippen LogP contribution in [0.4, 0.5) is 0 Å². The number of thioether (sulfide) groups is 1. The number of fused-ring (bicyclic) bond motifs is 3. The van der Waals surface area contributed by atoms with E-state index < -0.39 is 20.9 Å². The van der Waals surface area contributed by atoms with E-state index >= 15 is 0 Å². The van der Waals surface area contributed by atoms with Gasteiger partial charge < -0.3 is 9.26 Å². The van der Waals surface area contributed by atoms with Gasteiger partial charge in [0.1, 0.15) is 5.75 Å². The zero-order valence-electron chi connectivity index (χ0n) is 15.2. The summed E-state index contributed by atoms with van der Waals surface area (Å²) in [7, 11) is -2.79. The molecule has 2 aromatic carbocycles. The number of hydrogen-bond acceptors (Lipinski definition) is 8. The third kappa shape index (κ3) is 3.20. The van der Waals surface area contributed by atoms with E-state index in [-0.39, 0.29) is 10.6 Å². The molecule has 146 valence electrons. The third-order valence-electron chi connectivity index (χ3n) is 4.58. The first-order valence-corrected chi connectivity index (χ1v) is 11.0. The summed E-state index contributed by atoms with van der Waals surface area (Å²) in [6, 6.07) is 14.6. The Bertz CT molecular complexity index is 1240. The minimum atomic E-state index is -4.24. The van der Waals surface area contributed by atoms with E-state index in [0.29, 0.717) is 22.8 Å². The van der Waals surface area contributed by atoms with E-state index in [4.69, 9.17) is 9.26 Å². The molecule has 0 bridgehead atoms. The van der Waals surface area contributed by atoms with Gasteiger partial charge in [0.15, 0.2) is 11.5 Å². The zero-order valence-corrected chi connectivity index (χ0v) is 16.8. The molecule has 2 heterocycles. The minimum Gasteiger partial charge on any atom is -0.497 e. The molecule has 0 amide bonds. The standard InChI is InChI=1S/C20H14N2O5S2/c1-26-12-6-8-13(9-7-12)29(24,25)17(10-21)19(23)18-15-11-28-16-5-3-2-4-14(16)20(15)27-22-18/h2-9,17H,11H2,1H3. The molecule has 1 atom stereocenters. The molecule has 7 nitrogen and oxygen atoms in total. The van der Waals surface area contributed by atoms with Gasteiger partial charge in [-0.15, -0.1) is 11.8 Å². The van der Waals surface area contributed by atoms with Gasteiger partial charge >= 0.3 is 0 Å². The van der Waals surface area contributed by atoms with E-state index in [1.54, 1.807) is 6.07 Å². The molecule has 0 spiro atoms. The first-order valence-electron chi connectivity index (χ1n) is 8.50. The highest BCUT2D eigenvalue weighted by molar-refractivity contribution is 7.98. The van der Waals surface area contributed by atoms with E-state index in [1.807, 2.05) is 24.3 Å². The Morgan fingerprint density at radius 2 is 1.97 bits per heavy atom. The first-order chi connectivity index (χ1) is 14.0. The van der Waals surface area contributed by atoms with Gasteiger partial charge in [0, 0.05) is 21.8 Å². The van der Waals surface area contributed by atoms with Crippen molar-refractivity contribution < 1.29 is 22.5 Å². The highest BCUT2D eigenvalue weighted by atomic mass is 32.2. The number of nitrogens with zero attached hydrogens (tertiary/aromatic N) is 2. The van der Waals surface area contributed by atoms with Crippen molar-refractivity contribution in [3.05, 3.63) is 59.8 Å². The maximum atomic E-state index is 13.0. The van der Waals surface area contributed by atoms with Gasteiger partial charge in [-0.2, -0.15) is 5.26 Å². The number of carbonyl (C=O) groups excluding carboxylic acids is 1. The molecule has 0 fully saturated rings. The SMILES string of the molecule is COc1ccc(S(=O)(=O)C(C#N)C(=O)c2noc3c2CSc2ccccc2-3)cc1. The smallest absolute Gasteiger partial charge is 0.217 e. The van der Waals surface area contributed by atoms with E-state index in [0.717, 1.165) is 10.5 Å². The number of ether oxygens (including phenoxy) is 1. The maximum Gasteiger partial charge on any atom is 0.217 e. The van der Waals surface area contributed by atoms with Crippen LogP contribution in [0, 0.1) is 11.3 Å². The molecule has 0 saturated heterocycles. The predicted molar refractivity (Wildman–Crippen MR) is 105 cm³/mol. The summed E-state index contributed by atoms with van der Waals surface area (Å²) in [6.07, 6.45) is 0. The molecule has 4 rings (SSSR count). The fraction of sp³-hybridized carbons (Fsp3) is 0.150. The summed E-state index contributed by atoms with van der Waals surface area (Å²) < 4.78 is 36.2. The van der Waals surface area contributed by atoms with Crippen LogP contribution in [0.1, 0.15) is 16.1 Å². The summed E-state index contributed by atoms with van der Waals surface area (Å²) >= 11 is 1.50. The lowest BCUT2D eigenvalue weighted by Gasteiger charge is -2.14. The molecular formula is C20H14N2O5S2. The lowest BCUT2D eigenvalue weighted by molar-refractivity contribution is 0.0991. The van der Waals surface area contributed by atoms with Crippen LogP contribution in [0.3, 0.4) is 0 Å². The number of aromatic nitrogens is 1. The molecule has 0 N–H and O–H groups in total. The highest BCUT2D eigenvalue weighted by Crippen LogP contribution is 2.43. The number of nitriles is 1. The molecule has 29 heavy (non-hydrogen) atoms. The molecule has 1 aliphatic heterocycles. The van der Waals surface area contributed by atoms with Crippen molar-refractivity contribution in [3.63, 3.8) is 0 Å². The first kappa shape index (κ1) is 19.2. The average molecular weight is 426 g/mol. The Morgan fingerprint density at radius 1 is 1.24 bits per heavy atom. The number of ketones is 1. The Labute approximate surface area is 171 Å². The Kier molecular flexibility index (Phi) is 4.90. The molecule has 1 aliphatic rings. The van der Waals surface area contributed by atoms with E-state index in [1.165, 1.54) is 43.1 Å². The van der Waals surface area contributed by atoms with Gasteiger partial charge in [0.25, 0.3) is 0 Å². The van der Waals surface area contributed by atoms with Gasteiger partial charge in [-0.05, 0) is 36.4 Å². The van der Waals surface area contributed by atoms with Crippen molar-refractivity contribution in [1.82, 2.24) is 5.16 Å². The van der Waals surface area contributed by atoms with Crippen molar-refractivity contribution in [1.29, 1.82) is 5.26 Å². The number of methoxy groups -OCH3 is 1. The number of Topliss-reactive ketones (excluding diaryl/α,β-unsaturated/α-hetero) is 1. The Morgan fingerprint density at radius 3 is 2.66 bits per heavy atom. The summed E-state index contributed by atoms with van der Waals surface area (Å²) in [6.45, 7) is 0. The topological polar surface area (TPSA) is 110 Å². The number of rotatable bonds is 5. The molecule has 3 aromatic rings. The summed E-state index contributed by atoms with van der Waals surface area (Å²) in [5, 5.41) is 11.4. The second-order valence-corrected chi connectivity index (χ2v) is 9.27. The Hall–Kier alpha value is -3.09. The summed E-state index contributed by atoms with van der Waals surface area (Å²) in [4.78, 5) is 13.8. The van der Waals surface area contributed by atoms with Crippen molar-refractivity contribution in [2.45, 2.75) is 20.8 Å². The van der Waals surface area contributed by atoms with Gasteiger partial charge in [0.2, 0.25) is 20.9 Å². The van der Waals surface area contributed by atoms with Crippen molar-refractivity contribution >= 4 is 27.4 Å². The molecular weight excluding hydrogens is 412 g/mol. The van der Waals surface area contributed by atoms with Crippen LogP contribution in [0.15, 0.2) is 62.8 Å². The number of carbonyl (C=O) groups is 1. The van der Waals surface area contributed by atoms with Crippen molar-refractivity contribution in [2.24, 2.45) is 0 Å². The van der Waals surface area contributed by atoms with Crippen LogP contribution < -0.4 is 4.74 Å². The number of hydrogen-bond donors (Lipinski definition) is 0. The average Bonchev–Trinajstić information content (AvgIpc) is 3.18. The quantitative estimate of drug-likeness (QED) is 0.570. The molecule has 0 aliphatic carbocycles. The molecule has 0 radical (unpaired) electrons. The lowest BCUT2D eigenvalue weighted by Crippen LogP contribution is -2.30. The van der Waals surface area contributed by atoms with E-state index in [2.05, 4.69) is 5.16 Å². The lowest BCUT2D eigenvalue weighted by atomic mass is 10.0. The van der Waals surface area contributed by atoms with Crippen LogP contribution in [0.2, 0.25) is 0 Å². The molecule has 9 heteroatoms. The molecule has 1 aromatic heterocycles. The normalized spacial score (nSPS) is 13.7. The highest BCUT2D eigenvalue weighted by Gasteiger charge is 2.39. The predicted octanol–water partition coefficient (Wildman–Crippen LogP) is 3.50. The van der Waals surface area contributed by atoms with Gasteiger partial charge in [-0.3, -0.25) is 4.79 Å². The molecule has 1 unspecified atom stereocenters. The van der Waals surface area contributed by atoms with Crippen LogP contribution in [-0.4, -0.2) is 31.7 Å².